The van der Waals surface area contributed by atoms with Crippen LogP contribution in [0.15, 0.2) is 24.3 Å². The summed E-state index contributed by atoms with van der Waals surface area (Å²) in [7, 11) is 0. The van der Waals surface area contributed by atoms with Crippen molar-refractivity contribution in [2.75, 3.05) is 19.6 Å². The van der Waals surface area contributed by atoms with E-state index >= 15 is 0 Å². The van der Waals surface area contributed by atoms with Crippen LogP contribution in [-0.2, 0) is 0 Å². The summed E-state index contributed by atoms with van der Waals surface area (Å²) in [6.07, 6.45) is 1.43. The standard InChI is InChI=1S/C16H22FNO2/c1-12(11-18-9-7-16(2,20)8-10-18)15(19)13-5-3-4-6-14(13)17/h3-6,12,20H,7-11H2,1-2H3. The zero-order valence-electron chi connectivity index (χ0n) is 12.1. The second-order valence-corrected chi connectivity index (χ2v) is 6.04. The Kier molecular flexibility index (Phi) is 4.55. The van der Waals surface area contributed by atoms with Gasteiger partial charge in [0.15, 0.2) is 5.78 Å². The van der Waals surface area contributed by atoms with Crippen LogP contribution in [0.2, 0.25) is 0 Å². The number of benzene rings is 1. The number of carbonyl (C=O) groups excluding carboxylic acids is 1. The molecule has 1 heterocycles. The van der Waals surface area contributed by atoms with Gasteiger partial charge in [0, 0.05) is 25.6 Å². The summed E-state index contributed by atoms with van der Waals surface area (Å²) in [6, 6.07) is 6.12. The molecule has 1 fully saturated rings. The van der Waals surface area contributed by atoms with E-state index in [0.717, 1.165) is 13.1 Å². The summed E-state index contributed by atoms with van der Waals surface area (Å²) in [5.74, 6) is -0.846. The van der Waals surface area contributed by atoms with Crippen molar-refractivity contribution in [3.63, 3.8) is 0 Å². The maximum absolute atomic E-state index is 13.6. The highest BCUT2D eigenvalue weighted by atomic mass is 19.1. The maximum atomic E-state index is 13.6. The summed E-state index contributed by atoms with van der Waals surface area (Å²) in [5, 5.41) is 9.91. The van der Waals surface area contributed by atoms with Gasteiger partial charge in [-0.15, -0.1) is 0 Å². The van der Waals surface area contributed by atoms with Gasteiger partial charge in [-0.2, -0.15) is 0 Å². The first-order valence-corrected chi connectivity index (χ1v) is 7.12. The zero-order valence-corrected chi connectivity index (χ0v) is 12.1. The molecule has 0 spiro atoms. The number of hydrogen-bond acceptors (Lipinski definition) is 3. The van der Waals surface area contributed by atoms with Crippen molar-refractivity contribution in [1.29, 1.82) is 0 Å². The lowest BCUT2D eigenvalue weighted by Gasteiger charge is -2.36. The van der Waals surface area contributed by atoms with E-state index in [2.05, 4.69) is 4.90 Å². The van der Waals surface area contributed by atoms with E-state index in [1.807, 2.05) is 13.8 Å². The number of carbonyl (C=O) groups is 1. The lowest BCUT2D eigenvalue weighted by atomic mass is 9.92. The molecular formula is C16H22FNO2. The SMILES string of the molecule is CC(CN1CCC(C)(O)CC1)C(=O)c1ccccc1F. The molecule has 1 saturated heterocycles. The fraction of sp³-hybridized carbons (Fsp3) is 0.562. The third-order valence-electron chi connectivity index (χ3n) is 4.05. The molecule has 0 radical (unpaired) electrons. The van der Waals surface area contributed by atoms with Crippen LogP contribution in [0.3, 0.4) is 0 Å². The zero-order chi connectivity index (χ0) is 14.8. The molecule has 1 aromatic rings. The van der Waals surface area contributed by atoms with E-state index in [-0.39, 0.29) is 17.3 Å². The maximum Gasteiger partial charge on any atom is 0.169 e. The minimum Gasteiger partial charge on any atom is -0.390 e. The lowest BCUT2D eigenvalue weighted by molar-refractivity contribution is -0.00756. The Morgan fingerprint density at radius 1 is 1.40 bits per heavy atom. The van der Waals surface area contributed by atoms with Crippen molar-refractivity contribution >= 4 is 5.78 Å². The van der Waals surface area contributed by atoms with Gasteiger partial charge in [-0.1, -0.05) is 19.1 Å². The van der Waals surface area contributed by atoms with Crippen LogP contribution < -0.4 is 0 Å². The second kappa shape index (κ2) is 6.02. The van der Waals surface area contributed by atoms with E-state index in [1.54, 1.807) is 12.1 Å². The van der Waals surface area contributed by atoms with Crippen molar-refractivity contribution in [3.05, 3.63) is 35.6 Å². The lowest BCUT2D eigenvalue weighted by Crippen LogP contribution is -2.44. The predicted octanol–water partition coefficient (Wildman–Crippen LogP) is 2.49. The smallest absolute Gasteiger partial charge is 0.169 e. The molecule has 4 heteroatoms. The van der Waals surface area contributed by atoms with E-state index in [0.29, 0.717) is 19.4 Å². The van der Waals surface area contributed by atoms with Crippen LogP contribution in [0.25, 0.3) is 0 Å². The number of likely N-dealkylation sites (tertiary alicyclic amines) is 1. The first-order valence-electron chi connectivity index (χ1n) is 7.12. The number of nitrogens with zero attached hydrogens (tertiary/aromatic N) is 1. The van der Waals surface area contributed by atoms with Gasteiger partial charge < -0.3 is 10.0 Å². The number of rotatable bonds is 4. The van der Waals surface area contributed by atoms with Gasteiger partial charge in [-0.3, -0.25) is 4.79 Å². The quantitative estimate of drug-likeness (QED) is 0.861. The Labute approximate surface area is 119 Å². The Morgan fingerprint density at radius 3 is 2.60 bits per heavy atom. The molecule has 1 N–H and O–H groups in total. The minimum atomic E-state index is -0.588. The summed E-state index contributed by atoms with van der Waals surface area (Å²) < 4.78 is 13.6. The monoisotopic (exact) mass is 279 g/mol. The number of Topliss-reactive ketones (excluding diaryl/α,β-unsaturated/α-hetero) is 1. The molecule has 110 valence electrons. The van der Waals surface area contributed by atoms with Crippen molar-refractivity contribution in [3.8, 4) is 0 Å². The summed E-state index contributed by atoms with van der Waals surface area (Å²) in [4.78, 5) is 14.4. The van der Waals surface area contributed by atoms with E-state index in [1.165, 1.54) is 12.1 Å². The molecule has 0 saturated carbocycles. The van der Waals surface area contributed by atoms with Gasteiger partial charge in [-0.05, 0) is 31.9 Å². The molecule has 0 aliphatic carbocycles. The Bertz CT molecular complexity index is 477. The van der Waals surface area contributed by atoms with Crippen molar-refractivity contribution < 1.29 is 14.3 Å². The van der Waals surface area contributed by atoms with E-state index < -0.39 is 11.4 Å². The van der Waals surface area contributed by atoms with Crippen LogP contribution in [0, 0.1) is 11.7 Å². The highest BCUT2D eigenvalue weighted by molar-refractivity contribution is 5.98. The molecule has 20 heavy (non-hydrogen) atoms. The van der Waals surface area contributed by atoms with Crippen LogP contribution in [0.4, 0.5) is 4.39 Å². The number of ketones is 1. The third kappa shape index (κ3) is 3.64. The van der Waals surface area contributed by atoms with E-state index in [4.69, 9.17) is 0 Å². The van der Waals surface area contributed by atoms with Crippen LogP contribution in [0.5, 0.6) is 0 Å². The van der Waals surface area contributed by atoms with Gasteiger partial charge >= 0.3 is 0 Å². The van der Waals surface area contributed by atoms with Crippen LogP contribution in [0.1, 0.15) is 37.0 Å². The molecule has 1 aromatic carbocycles. The first kappa shape index (κ1) is 15.1. The van der Waals surface area contributed by atoms with Gasteiger partial charge in [-0.25, -0.2) is 4.39 Å². The molecule has 0 bridgehead atoms. The molecule has 0 amide bonds. The van der Waals surface area contributed by atoms with Gasteiger partial charge in [0.1, 0.15) is 5.82 Å². The highest BCUT2D eigenvalue weighted by Gasteiger charge is 2.29. The fourth-order valence-corrected chi connectivity index (χ4v) is 2.61. The summed E-state index contributed by atoms with van der Waals surface area (Å²) in [6.45, 7) is 5.85. The average molecular weight is 279 g/mol. The Hall–Kier alpha value is -1.26. The van der Waals surface area contributed by atoms with Gasteiger partial charge in [0.05, 0.1) is 11.2 Å². The molecule has 2 rings (SSSR count). The number of piperidine rings is 1. The van der Waals surface area contributed by atoms with Crippen LogP contribution >= 0.6 is 0 Å². The molecule has 3 nitrogen and oxygen atoms in total. The van der Waals surface area contributed by atoms with Gasteiger partial charge in [0.25, 0.3) is 0 Å². The van der Waals surface area contributed by atoms with Crippen molar-refractivity contribution in [1.82, 2.24) is 4.90 Å². The second-order valence-electron chi connectivity index (χ2n) is 6.04. The Balaban J connectivity index is 1.94. The molecule has 1 aliphatic heterocycles. The molecule has 1 unspecified atom stereocenters. The van der Waals surface area contributed by atoms with E-state index in [9.17, 15) is 14.3 Å². The van der Waals surface area contributed by atoms with Crippen molar-refractivity contribution in [2.45, 2.75) is 32.3 Å². The number of hydrogen-bond donors (Lipinski definition) is 1. The molecule has 1 atom stereocenters. The number of aliphatic hydroxyl groups is 1. The molecular weight excluding hydrogens is 257 g/mol. The average Bonchev–Trinajstić information content (AvgIpc) is 2.41. The summed E-state index contributed by atoms with van der Waals surface area (Å²) in [5.41, 5.74) is -0.418. The highest BCUT2D eigenvalue weighted by Crippen LogP contribution is 2.22. The van der Waals surface area contributed by atoms with Crippen molar-refractivity contribution in [2.24, 2.45) is 5.92 Å². The molecule has 0 aromatic heterocycles. The van der Waals surface area contributed by atoms with Crippen LogP contribution in [-0.4, -0.2) is 41.0 Å². The Morgan fingerprint density at radius 2 is 2.00 bits per heavy atom. The first-order chi connectivity index (χ1) is 9.39. The van der Waals surface area contributed by atoms with Gasteiger partial charge in [0.2, 0.25) is 0 Å². The third-order valence-corrected chi connectivity index (χ3v) is 4.05. The largest absolute Gasteiger partial charge is 0.390 e. The minimum absolute atomic E-state index is 0.152. The molecule has 1 aliphatic rings. The fourth-order valence-electron chi connectivity index (χ4n) is 2.61. The topological polar surface area (TPSA) is 40.5 Å². The predicted molar refractivity (Wildman–Crippen MR) is 76.2 cm³/mol. The number of halogens is 1. The summed E-state index contributed by atoms with van der Waals surface area (Å²) >= 11 is 0. The normalized spacial score (nSPS) is 20.6.